The number of aromatic nitrogens is 2. The molecule has 7 heteroatoms. The van der Waals surface area contributed by atoms with E-state index >= 15 is 0 Å². The van der Waals surface area contributed by atoms with Gasteiger partial charge in [0.15, 0.2) is 0 Å². The fraction of sp³-hybridized carbons (Fsp3) is 0.524. The molecule has 2 heterocycles. The molecular weight excluding hydrogens is 358 g/mol. The molecule has 1 aliphatic heterocycles. The van der Waals surface area contributed by atoms with Crippen LogP contribution in [0.1, 0.15) is 48.9 Å². The van der Waals surface area contributed by atoms with Crippen LogP contribution in [0.15, 0.2) is 22.6 Å². The lowest BCUT2D eigenvalue weighted by Gasteiger charge is -2.26. The SMILES string of the molecule is COc1cc(OC)c(C2=CCN(Cc3nnc(C4CCC4)o3)CC2)c(OC)c1. The predicted molar refractivity (Wildman–Crippen MR) is 105 cm³/mol. The van der Waals surface area contributed by atoms with E-state index in [1.165, 1.54) is 24.8 Å². The molecule has 7 nitrogen and oxygen atoms in total. The molecule has 0 saturated heterocycles. The van der Waals surface area contributed by atoms with Crippen molar-refractivity contribution < 1.29 is 18.6 Å². The van der Waals surface area contributed by atoms with Crippen molar-refractivity contribution in [3.05, 3.63) is 35.6 Å². The Morgan fingerprint density at radius 2 is 1.82 bits per heavy atom. The Morgan fingerprint density at radius 1 is 1.07 bits per heavy atom. The van der Waals surface area contributed by atoms with E-state index < -0.39 is 0 Å². The summed E-state index contributed by atoms with van der Waals surface area (Å²) < 4.78 is 22.4. The Hall–Kier alpha value is -2.54. The lowest BCUT2D eigenvalue weighted by Crippen LogP contribution is -2.28. The van der Waals surface area contributed by atoms with Gasteiger partial charge in [0.1, 0.15) is 17.2 Å². The third-order valence-electron chi connectivity index (χ3n) is 5.63. The molecule has 0 spiro atoms. The second-order valence-corrected chi connectivity index (χ2v) is 7.28. The molecular formula is C21H27N3O4. The fourth-order valence-electron chi connectivity index (χ4n) is 3.75. The highest BCUT2D eigenvalue weighted by Gasteiger charge is 2.26. The van der Waals surface area contributed by atoms with E-state index in [9.17, 15) is 0 Å². The summed E-state index contributed by atoms with van der Waals surface area (Å²) >= 11 is 0. The lowest BCUT2D eigenvalue weighted by molar-refractivity contribution is 0.249. The summed E-state index contributed by atoms with van der Waals surface area (Å²) in [4.78, 5) is 2.31. The molecule has 28 heavy (non-hydrogen) atoms. The van der Waals surface area contributed by atoms with Crippen LogP contribution in [-0.4, -0.2) is 49.5 Å². The number of hydrogen-bond donors (Lipinski definition) is 0. The Labute approximate surface area is 165 Å². The van der Waals surface area contributed by atoms with Crippen LogP contribution in [0.3, 0.4) is 0 Å². The zero-order valence-corrected chi connectivity index (χ0v) is 16.7. The van der Waals surface area contributed by atoms with Crippen LogP contribution in [0.2, 0.25) is 0 Å². The zero-order valence-electron chi connectivity index (χ0n) is 16.7. The standard InChI is InChI=1S/C21H27N3O4/c1-25-16-11-17(26-2)20(18(12-16)27-3)14-7-9-24(10-8-14)13-19-22-23-21(28-19)15-5-4-6-15/h7,11-12,15H,4-6,8-10,13H2,1-3H3. The first-order valence-electron chi connectivity index (χ1n) is 9.76. The molecule has 2 aromatic rings. The van der Waals surface area contributed by atoms with Crippen LogP contribution in [0, 0.1) is 0 Å². The molecule has 0 bridgehead atoms. The maximum absolute atomic E-state index is 5.86. The Bertz CT molecular complexity index is 832. The average molecular weight is 385 g/mol. The van der Waals surface area contributed by atoms with Gasteiger partial charge >= 0.3 is 0 Å². The summed E-state index contributed by atoms with van der Waals surface area (Å²) in [6.45, 7) is 2.40. The molecule has 4 rings (SSSR count). The molecule has 1 aliphatic carbocycles. The number of hydrogen-bond acceptors (Lipinski definition) is 7. The van der Waals surface area contributed by atoms with Crippen molar-refractivity contribution in [1.29, 1.82) is 0 Å². The summed E-state index contributed by atoms with van der Waals surface area (Å²) in [7, 11) is 4.98. The van der Waals surface area contributed by atoms with Gasteiger partial charge in [0.05, 0.1) is 33.4 Å². The van der Waals surface area contributed by atoms with Gasteiger partial charge in [-0.25, -0.2) is 0 Å². The highest BCUT2D eigenvalue weighted by atomic mass is 16.5. The van der Waals surface area contributed by atoms with Gasteiger partial charge in [-0.3, -0.25) is 4.90 Å². The molecule has 0 amide bonds. The topological polar surface area (TPSA) is 69.9 Å². The number of rotatable bonds is 7. The van der Waals surface area contributed by atoms with Gasteiger partial charge in [0.25, 0.3) is 0 Å². The number of benzene rings is 1. The minimum absolute atomic E-state index is 0.476. The first kappa shape index (κ1) is 18.8. The van der Waals surface area contributed by atoms with Gasteiger partial charge in [-0.2, -0.15) is 0 Å². The Balaban J connectivity index is 1.47. The fourth-order valence-corrected chi connectivity index (χ4v) is 3.75. The minimum atomic E-state index is 0.476. The molecule has 150 valence electrons. The monoisotopic (exact) mass is 385 g/mol. The van der Waals surface area contributed by atoms with Crippen LogP contribution in [0.4, 0.5) is 0 Å². The predicted octanol–water partition coefficient (Wildman–Crippen LogP) is 3.65. The van der Waals surface area contributed by atoms with Gasteiger partial charge < -0.3 is 18.6 Å². The van der Waals surface area contributed by atoms with Crippen molar-refractivity contribution in [2.24, 2.45) is 0 Å². The van der Waals surface area contributed by atoms with Gasteiger partial charge in [-0.05, 0) is 24.8 Å². The largest absolute Gasteiger partial charge is 0.496 e. The van der Waals surface area contributed by atoms with E-state index in [0.29, 0.717) is 24.1 Å². The second-order valence-electron chi connectivity index (χ2n) is 7.28. The first-order valence-corrected chi connectivity index (χ1v) is 9.76. The van der Waals surface area contributed by atoms with Gasteiger partial charge in [0, 0.05) is 31.1 Å². The van der Waals surface area contributed by atoms with Crippen molar-refractivity contribution in [2.75, 3.05) is 34.4 Å². The van der Waals surface area contributed by atoms with E-state index in [0.717, 1.165) is 42.5 Å². The van der Waals surface area contributed by atoms with Crippen molar-refractivity contribution in [3.8, 4) is 17.2 Å². The van der Waals surface area contributed by atoms with E-state index in [1.54, 1.807) is 21.3 Å². The minimum Gasteiger partial charge on any atom is -0.496 e. The number of methoxy groups -OCH3 is 3. The molecule has 0 atom stereocenters. The van der Waals surface area contributed by atoms with E-state index in [1.807, 2.05) is 12.1 Å². The normalized spacial score (nSPS) is 17.8. The van der Waals surface area contributed by atoms with Crippen molar-refractivity contribution in [3.63, 3.8) is 0 Å². The van der Waals surface area contributed by atoms with Crippen LogP contribution in [-0.2, 0) is 6.54 Å². The maximum Gasteiger partial charge on any atom is 0.230 e. The molecule has 2 aliphatic rings. The summed E-state index contributed by atoms with van der Waals surface area (Å²) in [5.74, 6) is 4.23. The number of ether oxygens (including phenoxy) is 3. The van der Waals surface area contributed by atoms with Crippen molar-refractivity contribution in [2.45, 2.75) is 38.1 Å². The first-order chi connectivity index (χ1) is 13.7. The van der Waals surface area contributed by atoms with E-state index in [2.05, 4.69) is 21.2 Å². The Morgan fingerprint density at radius 3 is 2.36 bits per heavy atom. The van der Waals surface area contributed by atoms with Gasteiger partial charge in [-0.15, -0.1) is 10.2 Å². The molecule has 1 fully saturated rings. The highest BCUT2D eigenvalue weighted by molar-refractivity contribution is 5.77. The summed E-state index contributed by atoms with van der Waals surface area (Å²) in [6, 6.07) is 3.79. The van der Waals surface area contributed by atoms with Crippen LogP contribution in [0.5, 0.6) is 17.2 Å². The second kappa shape index (κ2) is 8.22. The smallest absolute Gasteiger partial charge is 0.230 e. The molecule has 0 unspecified atom stereocenters. The highest BCUT2D eigenvalue weighted by Crippen LogP contribution is 2.41. The third-order valence-corrected chi connectivity index (χ3v) is 5.63. The summed E-state index contributed by atoms with van der Waals surface area (Å²) in [5, 5.41) is 8.46. The van der Waals surface area contributed by atoms with Gasteiger partial charge in [-0.1, -0.05) is 12.5 Å². The molecule has 1 aromatic carbocycles. The summed E-state index contributed by atoms with van der Waals surface area (Å²) in [6.07, 6.45) is 6.72. The van der Waals surface area contributed by atoms with Crippen LogP contribution >= 0.6 is 0 Å². The average Bonchev–Trinajstić information content (AvgIpc) is 3.13. The van der Waals surface area contributed by atoms with Crippen LogP contribution in [0.25, 0.3) is 5.57 Å². The van der Waals surface area contributed by atoms with E-state index in [-0.39, 0.29) is 0 Å². The molecule has 0 N–H and O–H groups in total. The van der Waals surface area contributed by atoms with Crippen molar-refractivity contribution >= 4 is 5.57 Å². The van der Waals surface area contributed by atoms with E-state index in [4.69, 9.17) is 18.6 Å². The number of nitrogens with zero attached hydrogens (tertiary/aromatic N) is 3. The molecule has 1 aromatic heterocycles. The maximum atomic E-state index is 5.86. The third kappa shape index (κ3) is 3.71. The van der Waals surface area contributed by atoms with Crippen LogP contribution < -0.4 is 14.2 Å². The lowest BCUT2D eigenvalue weighted by atomic mass is 9.85. The molecule has 0 radical (unpaired) electrons. The summed E-state index contributed by atoms with van der Waals surface area (Å²) in [5.41, 5.74) is 2.21. The zero-order chi connectivity index (χ0) is 19.5. The van der Waals surface area contributed by atoms with Gasteiger partial charge in [0.2, 0.25) is 11.8 Å². The molecule has 1 saturated carbocycles. The Kier molecular flexibility index (Phi) is 5.52. The van der Waals surface area contributed by atoms with Crippen molar-refractivity contribution in [1.82, 2.24) is 15.1 Å². The quantitative estimate of drug-likeness (QED) is 0.720.